The number of benzene rings is 1. The van der Waals surface area contributed by atoms with E-state index in [1.807, 2.05) is 6.07 Å². The standard InChI is InChI=1S/C11H11ClN2O3/c12-9-3-1-2-8(6-9)4-5-13-11(17)14-7-10(15)16/h1-6H,7H2,(H,15,16)(H2,13,14,17)/b5-4+. The first kappa shape index (κ1) is 13.1. The van der Waals surface area contributed by atoms with Crippen molar-refractivity contribution in [2.24, 2.45) is 0 Å². The highest BCUT2D eigenvalue weighted by Crippen LogP contribution is 2.11. The van der Waals surface area contributed by atoms with E-state index in [0.717, 1.165) is 5.56 Å². The molecular formula is C11H11ClN2O3. The Morgan fingerprint density at radius 2 is 2.18 bits per heavy atom. The van der Waals surface area contributed by atoms with Crippen LogP contribution in [0.2, 0.25) is 5.02 Å². The molecule has 0 fully saturated rings. The van der Waals surface area contributed by atoms with Crippen LogP contribution in [0.15, 0.2) is 30.5 Å². The molecule has 1 aromatic rings. The number of hydrogen-bond acceptors (Lipinski definition) is 2. The molecule has 5 nitrogen and oxygen atoms in total. The average Bonchev–Trinajstić information content (AvgIpc) is 2.26. The summed E-state index contributed by atoms with van der Waals surface area (Å²) in [7, 11) is 0. The summed E-state index contributed by atoms with van der Waals surface area (Å²) in [5.41, 5.74) is 0.830. The number of carbonyl (C=O) groups excluding carboxylic acids is 1. The van der Waals surface area contributed by atoms with Gasteiger partial charge >= 0.3 is 12.0 Å². The number of urea groups is 1. The third-order valence-corrected chi connectivity index (χ3v) is 1.97. The largest absolute Gasteiger partial charge is 0.480 e. The van der Waals surface area contributed by atoms with E-state index in [4.69, 9.17) is 16.7 Å². The lowest BCUT2D eigenvalue weighted by Gasteiger charge is -2.00. The molecule has 0 aromatic heterocycles. The quantitative estimate of drug-likeness (QED) is 0.765. The Morgan fingerprint density at radius 1 is 1.41 bits per heavy atom. The average molecular weight is 255 g/mol. The maximum absolute atomic E-state index is 11.0. The van der Waals surface area contributed by atoms with E-state index in [1.54, 1.807) is 24.3 Å². The molecule has 90 valence electrons. The van der Waals surface area contributed by atoms with E-state index in [9.17, 15) is 9.59 Å². The maximum atomic E-state index is 11.0. The molecule has 6 heteroatoms. The van der Waals surface area contributed by atoms with E-state index < -0.39 is 18.5 Å². The van der Waals surface area contributed by atoms with Gasteiger partial charge in [-0.1, -0.05) is 23.7 Å². The molecule has 1 aromatic carbocycles. The van der Waals surface area contributed by atoms with Gasteiger partial charge in [0.1, 0.15) is 6.54 Å². The molecule has 17 heavy (non-hydrogen) atoms. The first-order chi connectivity index (χ1) is 8.08. The minimum atomic E-state index is -1.10. The SMILES string of the molecule is O=C(O)CNC(=O)N/C=C/c1cccc(Cl)c1. The monoisotopic (exact) mass is 254 g/mol. The molecule has 2 amide bonds. The highest BCUT2D eigenvalue weighted by atomic mass is 35.5. The Balaban J connectivity index is 2.40. The van der Waals surface area contributed by atoms with Crippen LogP contribution < -0.4 is 10.6 Å². The number of amides is 2. The predicted octanol–water partition coefficient (Wildman–Crippen LogP) is 1.69. The van der Waals surface area contributed by atoms with Crippen LogP contribution >= 0.6 is 11.6 Å². The van der Waals surface area contributed by atoms with E-state index >= 15 is 0 Å². The summed E-state index contributed by atoms with van der Waals surface area (Å²) in [5, 5.41) is 13.4. The van der Waals surface area contributed by atoms with Gasteiger partial charge in [-0.3, -0.25) is 4.79 Å². The lowest BCUT2D eigenvalue weighted by molar-refractivity contribution is -0.135. The summed E-state index contributed by atoms with van der Waals surface area (Å²) in [6, 6.07) is 6.50. The Kier molecular flexibility index (Phi) is 5.03. The van der Waals surface area contributed by atoms with Crippen molar-refractivity contribution in [2.45, 2.75) is 0 Å². The zero-order valence-corrected chi connectivity index (χ0v) is 9.57. The van der Waals surface area contributed by atoms with Crippen LogP contribution in [0.1, 0.15) is 5.56 Å². The molecule has 0 aliphatic rings. The molecule has 1 rings (SSSR count). The molecule has 0 spiro atoms. The third kappa shape index (κ3) is 5.58. The second-order valence-corrected chi connectivity index (χ2v) is 3.55. The van der Waals surface area contributed by atoms with Gasteiger partial charge in [-0.15, -0.1) is 0 Å². The van der Waals surface area contributed by atoms with Crippen LogP contribution in [-0.2, 0) is 4.79 Å². The Morgan fingerprint density at radius 3 is 2.82 bits per heavy atom. The number of carboxylic acid groups (broad SMARTS) is 1. The number of carboxylic acids is 1. The molecule has 0 aliphatic heterocycles. The van der Waals surface area contributed by atoms with Crippen molar-refractivity contribution in [3.05, 3.63) is 41.1 Å². The van der Waals surface area contributed by atoms with Crippen LogP contribution in [0.25, 0.3) is 6.08 Å². The molecule has 0 radical (unpaired) electrons. The van der Waals surface area contributed by atoms with Crippen molar-refractivity contribution < 1.29 is 14.7 Å². The molecule has 0 saturated heterocycles. The molecule has 0 heterocycles. The molecule has 0 saturated carbocycles. The molecule has 3 N–H and O–H groups in total. The summed E-state index contributed by atoms with van der Waals surface area (Å²) in [6.45, 7) is -0.420. The van der Waals surface area contributed by atoms with Crippen LogP contribution in [0.5, 0.6) is 0 Å². The Labute approximate surface area is 103 Å². The zero-order valence-electron chi connectivity index (χ0n) is 8.81. The van der Waals surface area contributed by atoms with Gasteiger partial charge in [0.2, 0.25) is 0 Å². The summed E-state index contributed by atoms with van der Waals surface area (Å²) in [5.74, 6) is -1.10. The van der Waals surface area contributed by atoms with Gasteiger partial charge < -0.3 is 15.7 Å². The van der Waals surface area contributed by atoms with Gasteiger partial charge in [0.05, 0.1) is 0 Å². The first-order valence-corrected chi connectivity index (χ1v) is 5.14. The van der Waals surface area contributed by atoms with Gasteiger partial charge in [-0.2, -0.15) is 0 Å². The first-order valence-electron chi connectivity index (χ1n) is 4.76. The number of hydrogen-bond donors (Lipinski definition) is 3. The van der Waals surface area contributed by atoms with Crippen LogP contribution in [0.3, 0.4) is 0 Å². The predicted molar refractivity (Wildman–Crippen MR) is 64.7 cm³/mol. The highest BCUT2D eigenvalue weighted by molar-refractivity contribution is 6.30. The highest BCUT2D eigenvalue weighted by Gasteiger charge is 1.99. The third-order valence-electron chi connectivity index (χ3n) is 1.74. The van der Waals surface area contributed by atoms with E-state index in [2.05, 4.69) is 10.6 Å². The number of halogens is 1. The molecule has 0 bridgehead atoms. The summed E-state index contributed by atoms with van der Waals surface area (Å²) in [6.07, 6.45) is 3.05. The lowest BCUT2D eigenvalue weighted by atomic mass is 10.2. The van der Waals surface area contributed by atoms with Crippen molar-refractivity contribution in [1.29, 1.82) is 0 Å². The maximum Gasteiger partial charge on any atom is 0.323 e. The Bertz CT molecular complexity index is 446. The number of aliphatic carboxylic acids is 1. The molecule has 0 atom stereocenters. The van der Waals surface area contributed by atoms with Crippen molar-refractivity contribution in [2.75, 3.05) is 6.54 Å². The van der Waals surface area contributed by atoms with E-state index in [-0.39, 0.29) is 0 Å². The second kappa shape index (κ2) is 6.55. The van der Waals surface area contributed by atoms with Gasteiger partial charge in [-0.05, 0) is 23.8 Å². The topological polar surface area (TPSA) is 78.4 Å². The molecular weight excluding hydrogens is 244 g/mol. The smallest absolute Gasteiger partial charge is 0.323 e. The Hall–Kier alpha value is -2.01. The van der Waals surface area contributed by atoms with E-state index in [0.29, 0.717) is 5.02 Å². The van der Waals surface area contributed by atoms with Gasteiger partial charge in [0, 0.05) is 11.2 Å². The summed E-state index contributed by atoms with van der Waals surface area (Å²) >= 11 is 5.77. The number of nitrogens with one attached hydrogen (secondary N) is 2. The van der Waals surface area contributed by atoms with Crippen molar-refractivity contribution >= 4 is 29.7 Å². The number of rotatable bonds is 4. The zero-order chi connectivity index (χ0) is 12.7. The fourth-order valence-corrected chi connectivity index (χ4v) is 1.23. The van der Waals surface area contributed by atoms with Gasteiger partial charge in [0.15, 0.2) is 0 Å². The van der Waals surface area contributed by atoms with Gasteiger partial charge in [0.25, 0.3) is 0 Å². The van der Waals surface area contributed by atoms with Crippen molar-refractivity contribution in [1.82, 2.24) is 10.6 Å². The minimum Gasteiger partial charge on any atom is -0.480 e. The van der Waals surface area contributed by atoms with Crippen LogP contribution in [-0.4, -0.2) is 23.7 Å². The molecule has 0 aliphatic carbocycles. The fraction of sp³-hybridized carbons (Fsp3) is 0.0909. The number of carbonyl (C=O) groups is 2. The second-order valence-electron chi connectivity index (χ2n) is 3.11. The molecule has 0 unspecified atom stereocenters. The van der Waals surface area contributed by atoms with Crippen LogP contribution in [0.4, 0.5) is 4.79 Å². The van der Waals surface area contributed by atoms with E-state index in [1.165, 1.54) is 6.20 Å². The summed E-state index contributed by atoms with van der Waals surface area (Å²) < 4.78 is 0. The van der Waals surface area contributed by atoms with Crippen molar-refractivity contribution in [3.8, 4) is 0 Å². The van der Waals surface area contributed by atoms with Gasteiger partial charge in [-0.25, -0.2) is 4.79 Å². The normalized spacial score (nSPS) is 10.2. The summed E-state index contributed by atoms with van der Waals surface area (Å²) in [4.78, 5) is 21.2. The van der Waals surface area contributed by atoms with Crippen LogP contribution in [0, 0.1) is 0 Å². The fourth-order valence-electron chi connectivity index (χ4n) is 1.03. The van der Waals surface area contributed by atoms with Crippen molar-refractivity contribution in [3.63, 3.8) is 0 Å². The lowest BCUT2D eigenvalue weighted by Crippen LogP contribution is -2.35. The minimum absolute atomic E-state index is 0.420.